The summed E-state index contributed by atoms with van der Waals surface area (Å²) < 4.78 is 5.61. The maximum atomic E-state index is 15.3. The predicted octanol–water partition coefficient (Wildman–Crippen LogP) is 5.69. The van der Waals surface area contributed by atoms with Crippen LogP contribution >= 0.6 is 0 Å². The summed E-state index contributed by atoms with van der Waals surface area (Å²) in [5, 5.41) is 0. The number of carbonyl (C=O) groups is 2. The van der Waals surface area contributed by atoms with Gasteiger partial charge >= 0.3 is 0 Å². The van der Waals surface area contributed by atoms with Crippen molar-refractivity contribution in [2.45, 2.75) is 44.6 Å². The molecule has 1 saturated carbocycles. The number of nitrogens with zero attached hydrogens (tertiary/aromatic N) is 3. The Kier molecular flexibility index (Phi) is 7.12. The molecule has 2 spiro atoms. The summed E-state index contributed by atoms with van der Waals surface area (Å²) in [6.07, 6.45) is 4.34. The van der Waals surface area contributed by atoms with Crippen LogP contribution in [0, 0.1) is 19.3 Å². The molecular formula is C37H41N3O3. The van der Waals surface area contributed by atoms with E-state index in [-0.39, 0.29) is 17.6 Å². The second kappa shape index (κ2) is 10.8. The molecule has 6 heteroatoms. The zero-order valence-corrected chi connectivity index (χ0v) is 25.5. The van der Waals surface area contributed by atoms with Crippen LogP contribution in [0.5, 0.6) is 0 Å². The van der Waals surface area contributed by atoms with E-state index in [1.807, 2.05) is 17.0 Å². The average molecular weight is 576 g/mol. The molecule has 7 rings (SSSR count). The summed E-state index contributed by atoms with van der Waals surface area (Å²) in [7, 11) is 2.06. The molecule has 0 unspecified atom stereocenters. The second-order valence-electron chi connectivity index (χ2n) is 12.9. The van der Waals surface area contributed by atoms with E-state index in [9.17, 15) is 0 Å². The van der Waals surface area contributed by atoms with Gasteiger partial charge in [-0.25, -0.2) is 0 Å². The molecule has 2 saturated heterocycles. The van der Waals surface area contributed by atoms with Crippen molar-refractivity contribution in [3.63, 3.8) is 0 Å². The number of Topliss-reactive ketones (excluding diaryl/α,β-unsaturated/α-hetero) is 1. The van der Waals surface area contributed by atoms with Gasteiger partial charge in [-0.1, -0.05) is 77.9 Å². The van der Waals surface area contributed by atoms with Crippen LogP contribution in [0.25, 0.3) is 6.08 Å². The third-order valence-corrected chi connectivity index (χ3v) is 10.5. The predicted molar refractivity (Wildman–Crippen MR) is 170 cm³/mol. The van der Waals surface area contributed by atoms with Crippen molar-refractivity contribution in [1.82, 2.24) is 9.80 Å². The normalized spacial score (nSPS) is 28.9. The minimum Gasteiger partial charge on any atom is -0.379 e. The molecule has 1 amide bonds. The summed E-state index contributed by atoms with van der Waals surface area (Å²) >= 11 is 0. The van der Waals surface area contributed by atoms with Crippen LogP contribution in [-0.4, -0.2) is 68.1 Å². The smallest absolute Gasteiger partial charge is 0.254 e. The molecule has 3 aliphatic heterocycles. The highest BCUT2D eigenvalue weighted by Gasteiger charge is 2.75. The number of ketones is 1. The lowest BCUT2D eigenvalue weighted by Gasteiger charge is -2.49. The van der Waals surface area contributed by atoms with E-state index in [4.69, 9.17) is 4.74 Å². The molecule has 0 N–H and O–H groups in total. The van der Waals surface area contributed by atoms with Gasteiger partial charge in [0, 0.05) is 31.1 Å². The number of anilines is 1. The van der Waals surface area contributed by atoms with E-state index in [1.54, 1.807) is 0 Å². The number of likely N-dealkylation sites (N-methyl/N-ethyl adjacent to an activating group) is 1. The molecule has 0 radical (unpaired) electrons. The number of carbonyl (C=O) groups excluding carboxylic acids is 2. The van der Waals surface area contributed by atoms with Crippen LogP contribution in [-0.2, 0) is 19.9 Å². The zero-order valence-electron chi connectivity index (χ0n) is 25.5. The van der Waals surface area contributed by atoms with Gasteiger partial charge in [0.25, 0.3) is 5.91 Å². The number of allylic oxidation sites excluding steroid dienone is 1. The topological polar surface area (TPSA) is 53.1 Å². The first-order chi connectivity index (χ1) is 20.9. The Morgan fingerprint density at radius 1 is 0.907 bits per heavy atom. The lowest BCUT2D eigenvalue weighted by Crippen LogP contribution is -2.62. The number of para-hydroxylation sites is 1. The zero-order chi connectivity index (χ0) is 29.8. The lowest BCUT2D eigenvalue weighted by molar-refractivity contribution is -0.146. The minimum absolute atomic E-state index is 0.0299. The first-order valence-corrected chi connectivity index (χ1v) is 15.7. The number of ether oxygens (including phenoxy) is 1. The number of hydrogen-bond donors (Lipinski definition) is 0. The number of rotatable bonds is 4. The number of likely N-dealkylation sites (tertiary alicyclic amines) is 1. The summed E-state index contributed by atoms with van der Waals surface area (Å²) in [4.78, 5) is 37.1. The molecule has 3 fully saturated rings. The van der Waals surface area contributed by atoms with Crippen molar-refractivity contribution in [2.75, 3.05) is 51.5 Å². The maximum absolute atomic E-state index is 15.3. The van der Waals surface area contributed by atoms with Crippen molar-refractivity contribution in [3.05, 3.63) is 106 Å². The molecule has 43 heavy (non-hydrogen) atoms. The Morgan fingerprint density at radius 3 is 2.30 bits per heavy atom. The van der Waals surface area contributed by atoms with Gasteiger partial charge in [0.2, 0.25) is 0 Å². The van der Waals surface area contributed by atoms with E-state index in [0.29, 0.717) is 32.8 Å². The molecule has 3 atom stereocenters. The highest BCUT2D eigenvalue weighted by atomic mass is 16.5. The van der Waals surface area contributed by atoms with E-state index in [1.165, 1.54) is 11.1 Å². The van der Waals surface area contributed by atoms with E-state index >= 15 is 9.59 Å². The standard InChI is InChI=1S/C37H41N3O3/c1-26-10-14-28(15-11-26)23-30-7-6-18-36(34(30)41)32(29-16-12-27(2)13-17-29)24-38(3)37(36)31-8-4-5-9-33(31)40(35(37)42)25-39-19-21-43-22-20-39/h4-5,8-17,23,32H,6-7,18-22,24-25H2,1-3H3/b30-23+/t32-,36+,37+/m0/s1. The lowest BCUT2D eigenvalue weighted by atomic mass is 9.53. The summed E-state index contributed by atoms with van der Waals surface area (Å²) in [5.74, 6) is 0.0422. The maximum Gasteiger partial charge on any atom is 0.254 e. The molecule has 6 nitrogen and oxygen atoms in total. The number of amides is 1. The van der Waals surface area contributed by atoms with Crippen LogP contribution in [0.1, 0.15) is 53.0 Å². The van der Waals surface area contributed by atoms with Gasteiger partial charge in [-0.15, -0.1) is 0 Å². The van der Waals surface area contributed by atoms with Crippen molar-refractivity contribution < 1.29 is 14.3 Å². The largest absolute Gasteiger partial charge is 0.379 e. The minimum atomic E-state index is -1.09. The Morgan fingerprint density at radius 2 is 1.58 bits per heavy atom. The molecule has 4 aliphatic rings. The molecular weight excluding hydrogens is 534 g/mol. The fraction of sp³-hybridized carbons (Fsp3) is 0.405. The Bertz CT molecular complexity index is 1570. The van der Waals surface area contributed by atoms with Crippen LogP contribution in [0.2, 0.25) is 0 Å². The molecule has 3 aromatic rings. The van der Waals surface area contributed by atoms with Gasteiger partial charge in [-0.2, -0.15) is 0 Å². The quantitative estimate of drug-likeness (QED) is 0.375. The number of fused-ring (bicyclic) bond motifs is 3. The van der Waals surface area contributed by atoms with Gasteiger partial charge in [-0.3, -0.25) is 24.3 Å². The molecule has 0 bridgehead atoms. The highest BCUT2D eigenvalue weighted by molar-refractivity contribution is 6.16. The van der Waals surface area contributed by atoms with Gasteiger partial charge in [0.15, 0.2) is 5.78 Å². The van der Waals surface area contributed by atoms with Gasteiger partial charge in [0.05, 0.1) is 31.0 Å². The van der Waals surface area contributed by atoms with Crippen molar-refractivity contribution in [3.8, 4) is 0 Å². The number of benzene rings is 3. The highest BCUT2D eigenvalue weighted by Crippen LogP contribution is 2.67. The first kappa shape index (κ1) is 28.2. The van der Waals surface area contributed by atoms with Crippen LogP contribution in [0.3, 0.4) is 0 Å². The molecule has 0 aromatic heterocycles. The third-order valence-electron chi connectivity index (χ3n) is 10.5. The number of hydrogen-bond acceptors (Lipinski definition) is 5. The van der Waals surface area contributed by atoms with Crippen LogP contribution in [0.4, 0.5) is 5.69 Å². The van der Waals surface area contributed by atoms with E-state index < -0.39 is 11.0 Å². The summed E-state index contributed by atoms with van der Waals surface area (Å²) in [6, 6.07) is 25.2. The van der Waals surface area contributed by atoms with E-state index in [2.05, 4.69) is 97.4 Å². The number of morpholine rings is 1. The Hall–Kier alpha value is -3.58. The van der Waals surface area contributed by atoms with Crippen molar-refractivity contribution in [2.24, 2.45) is 5.41 Å². The van der Waals surface area contributed by atoms with Gasteiger partial charge < -0.3 is 4.74 Å². The summed E-state index contributed by atoms with van der Waals surface area (Å²) in [6.45, 7) is 8.21. The second-order valence-corrected chi connectivity index (χ2v) is 12.9. The molecule has 3 heterocycles. The fourth-order valence-electron chi connectivity index (χ4n) is 8.42. The van der Waals surface area contributed by atoms with E-state index in [0.717, 1.165) is 53.9 Å². The molecule has 1 aliphatic carbocycles. The SMILES string of the molecule is Cc1ccc(/C=C2\CCC[C@]3(C2=O)[C@H](c2ccc(C)cc2)CN(C)[C@]32C(=O)N(CN3CCOCC3)c3ccccc32)cc1. The third kappa shape index (κ3) is 4.26. The molecule has 222 valence electrons. The Labute approximate surface area is 254 Å². The molecule has 3 aromatic carbocycles. The number of aryl methyl sites for hydroxylation is 2. The van der Waals surface area contributed by atoms with Crippen LogP contribution in [0.15, 0.2) is 78.4 Å². The first-order valence-electron chi connectivity index (χ1n) is 15.7. The van der Waals surface area contributed by atoms with Crippen LogP contribution < -0.4 is 4.90 Å². The fourth-order valence-corrected chi connectivity index (χ4v) is 8.42. The van der Waals surface area contributed by atoms with Crippen molar-refractivity contribution in [1.29, 1.82) is 0 Å². The average Bonchev–Trinajstić information content (AvgIpc) is 3.43. The summed E-state index contributed by atoms with van der Waals surface area (Å²) in [5.41, 5.74) is 5.26. The Balaban J connectivity index is 1.42. The monoisotopic (exact) mass is 575 g/mol. The van der Waals surface area contributed by atoms with Gasteiger partial charge in [0.1, 0.15) is 5.54 Å². The van der Waals surface area contributed by atoms with Gasteiger partial charge in [-0.05, 0) is 69.0 Å². The van der Waals surface area contributed by atoms with Crippen molar-refractivity contribution >= 4 is 23.5 Å².